The third-order valence-electron chi connectivity index (χ3n) is 2.48. The lowest BCUT2D eigenvalue weighted by atomic mass is 10.1. The summed E-state index contributed by atoms with van der Waals surface area (Å²) in [5.41, 5.74) is 6.17. The highest BCUT2D eigenvalue weighted by Crippen LogP contribution is 2.05. The number of aromatic nitrogens is 1. The standard InChI is InChI=1S/C14H18N4O2/c1-3-17-13(19)10(2)18-14(20)12-6-8-16-9-11(12)5-4-7-15/h6,8-10H,3,7,15H2,1-2H3,(H,17,19)(H,18,20). The van der Waals surface area contributed by atoms with E-state index in [2.05, 4.69) is 27.5 Å². The smallest absolute Gasteiger partial charge is 0.253 e. The minimum atomic E-state index is -0.620. The minimum Gasteiger partial charge on any atom is -0.355 e. The number of pyridine rings is 1. The average Bonchev–Trinajstić information content (AvgIpc) is 2.45. The highest BCUT2D eigenvalue weighted by molar-refractivity contribution is 5.99. The molecule has 6 nitrogen and oxygen atoms in total. The lowest BCUT2D eigenvalue weighted by Gasteiger charge is -2.13. The topological polar surface area (TPSA) is 97.1 Å². The second-order valence-electron chi connectivity index (χ2n) is 4.02. The van der Waals surface area contributed by atoms with E-state index in [0.717, 1.165) is 0 Å². The van der Waals surface area contributed by atoms with Gasteiger partial charge < -0.3 is 16.4 Å². The van der Waals surface area contributed by atoms with Crippen LogP contribution in [0.15, 0.2) is 18.5 Å². The van der Waals surface area contributed by atoms with Crippen molar-refractivity contribution in [1.29, 1.82) is 0 Å². The molecule has 0 fully saturated rings. The molecule has 0 aromatic carbocycles. The molecular weight excluding hydrogens is 256 g/mol. The molecule has 0 aliphatic carbocycles. The van der Waals surface area contributed by atoms with Gasteiger partial charge in [0.25, 0.3) is 5.91 Å². The molecule has 0 bridgehead atoms. The average molecular weight is 274 g/mol. The van der Waals surface area contributed by atoms with E-state index in [-0.39, 0.29) is 18.4 Å². The Kier molecular flexibility index (Phi) is 6.20. The summed E-state index contributed by atoms with van der Waals surface area (Å²) < 4.78 is 0. The number of amides is 2. The summed E-state index contributed by atoms with van der Waals surface area (Å²) >= 11 is 0. The number of nitrogens with two attached hydrogens (primary N) is 1. The maximum absolute atomic E-state index is 12.1. The quantitative estimate of drug-likeness (QED) is 0.654. The van der Waals surface area contributed by atoms with E-state index >= 15 is 0 Å². The van der Waals surface area contributed by atoms with Crippen LogP contribution >= 0.6 is 0 Å². The van der Waals surface area contributed by atoms with Gasteiger partial charge in [-0.3, -0.25) is 14.6 Å². The SMILES string of the molecule is CCNC(=O)C(C)NC(=O)c1ccncc1C#CCN. The highest BCUT2D eigenvalue weighted by atomic mass is 16.2. The third kappa shape index (κ3) is 4.37. The molecule has 1 atom stereocenters. The molecule has 1 heterocycles. The van der Waals surface area contributed by atoms with Crippen LogP contribution in [-0.4, -0.2) is 35.9 Å². The Hall–Kier alpha value is -2.39. The zero-order chi connectivity index (χ0) is 15.0. The van der Waals surface area contributed by atoms with Gasteiger partial charge in [-0.1, -0.05) is 11.8 Å². The molecular formula is C14H18N4O2. The van der Waals surface area contributed by atoms with E-state index in [1.54, 1.807) is 13.0 Å². The fraction of sp³-hybridized carbons (Fsp3) is 0.357. The molecule has 0 aliphatic rings. The largest absolute Gasteiger partial charge is 0.355 e. The maximum atomic E-state index is 12.1. The zero-order valence-electron chi connectivity index (χ0n) is 11.6. The van der Waals surface area contributed by atoms with Crippen molar-refractivity contribution in [1.82, 2.24) is 15.6 Å². The van der Waals surface area contributed by atoms with Gasteiger partial charge in [0.1, 0.15) is 6.04 Å². The Labute approximate surface area is 118 Å². The van der Waals surface area contributed by atoms with Gasteiger partial charge in [0.05, 0.1) is 17.7 Å². The van der Waals surface area contributed by atoms with Crippen LogP contribution in [0, 0.1) is 11.8 Å². The van der Waals surface area contributed by atoms with E-state index in [9.17, 15) is 9.59 Å². The van der Waals surface area contributed by atoms with E-state index in [0.29, 0.717) is 17.7 Å². The summed E-state index contributed by atoms with van der Waals surface area (Å²) in [5, 5.41) is 5.26. The summed E-state index contributed by atoms with van der Waals surface area (Å²) in [5.74, 6) is 4.86. The number of rotatable bonds is 4. The molecule has 1 aromatic heterocycles. The van der Waals surface area contributed by atoms with Crippen molar-refractivity contribution in [3.63, 3.8) is 0 Å². The van der Waals surface area contributed by atoms with Crippen molar-refractivity contribution >= 4 is 11.8 Å². The predicted molar refractivity (Wildman–Crippen MR) is 75.8 cm³/mol. The van der Waals surface area contributed by atoms with E-state index < -0.39 is 6.04 Å². The molecule has 0 spiro atoms. The molecule has 1 aromatic rings. The van der Waals surface area contributed by atoms with E-state index in [4.69, 9.17) is 5.73 Å². The predicted octanol–water partition coefficient (Wildman–Crippen LogP) is -0.354. The molecule has 4 N–H and O–H groups in total. The van der Waals surface area contributed by atoms with Crippen LogP contribution in [0.4, 0.5) is 0 Å². The van der Waals surface area contributed by atoms with Gasteiger partial charge in [0, 0.05) is 18.9 Å². The molecule has 20 heavy (non-hydrogen) atoms. The maximum Gasteiger partial charge on any atom is 0.253 e. The van der Waals surface area contributed by atoms with Crippen molar-refractivity contribution in [2.45, 2.75) is 19.9 Å². The number of nitrogens with one attached hydrogen (secondary N) is 2. The molecule has 1 rings (SSSR count). The van der Waals surface area contributed by atoms with Gasteiger partial charge >= 0.3 is 0 Å². The van der Waals surface area contributed by atoms with Gasteiger partial charge in [0.2, 0.25) is 5.91 Å². The number of likely N-dealkylation sites (N-methyl/N-ethyl adjacent to an activating group) is 1. The van der Waals surface area contributed by atoms with Gasteiger partial charge in [-0.25, -0.2) is 0 Å². The highest BCUT2D eigenvalue weighted by Gasteiger charge is 2.17. The Morgan fingerprint density at radius 1 is 1.50 bits per heavy atom. The molecule has 0 saturated carbocycles. The normalized spacial score (nSPS) is 10.9. The molecule has 0 aliphatic heterocycles. The summed E-state index contributed by atoms with van der Waals surface area (Å²) in [4.78, 5) is 27.6. The Bertz CT molecular complexity index is 546. The first-order chi connectivity index (χ1) is 9.60. The van der Waals surface area contributed by atoms with Crippen molar-refractivity contribution in [2.75, 3.05) is 13.1 Å². The van der Waals surface area contributed by atoms with Crippen LogP contribution in [-0.2, 0) is 4.79 Å². The van der Waals surface area contributed by atoms with Crippen LogP contribution in [0.25, 0.3) is 0 Å². The van der Waals surface area contributed by atoms with Crippen molar-refractivity contribution in [3.8, 4) is 11.8 Å². The van der Waals surface area contributed by atoms with E-state index in [1.165, 1.54) is 12.4 Å². The molecule has 0 saturated heterocycles. The second-order valence-corrected chi connectivity index (χ2v) is 4.02. The van der Waals surface area contributed by atoms with E-state index in [1.807, 2.05) is 6.92 Å². The summed E-state index contributed by atoms with van der Waals surface area (Å²) in [6.07, 6.45) is 2.99. The fourth-order valence-electron chi connectivity index (χ4n) is 1.51. The Balaban J connectivity index is 2.85. The number of carbonyl (C=O) groups is 2. The Morgan fingerprint density at radius 2 is 2.25 bits per heavy atom. The van der Waals surface area contributed by atoms with Gasteiger partial charge in [-0.05, 0) is 19.9 Å². The van der Waals surface area contributed by atoms with Crippen molar-refractivity contribution in [2.24, 2.45) is 5.73 Å². The lowest BCUT2D eigenvalue weighted by molar-refractivity contribution is -0.122. The number of hydrogen-bond donors (Lipinski definition) is 3. The van der Waals surface area contributed by atoms with Crippen LogP contribution < -0.4 is 16.4 Å². The number of nitrogens with zero attached hydrogens (tertiary/aromatic N) is 1. The number of carbonyl (C=O) groups excluding carboxylic acids is 2. The first kappa shape index (κ1) is 15.7. The van der Waals surface area contributed by atoms with Crippen LogP contribution in [0.3, 0.4) is 0 Å². The molecule has 106 valence electrons. The van der Waals surface area contributed by atoms with Gasteiger partial charge in [-0.15, -0.1) is 0 Å². The fourth-order valence-corrected chi connectivity index (χ4v) is 1.51. The molecule has 6 heteroatoms. The summed E-state index contributed by atoms with van der Waals surface area (Å²) in [6.45, 7) is 4.15. The molecule has 1 unspecified atom stereocenters. The van der Waals surface area contributed by atoms with Crippen LogP contribution in [0.5, 0.6) is 0 Å². The lowest BCUT2D eigenvalue weighted by Crippen LogP contribution is -2.44. The van der Waals surface area contributed by atoms with Crippen LogP contribution in [0.1, 0.15) is 29.8 Å². The van der Waals surface area contributed by atoms with Crippen molar-refractivity contribution < 1.29 is 9.59 Å². The van der Waals surface area contributed by atoms with Crippen LogP contribution in [0.2, 0.25) is 0 Å². The zero-order valence-corrected chi connectivity index (χ0v) is 11.6. The van der Waals surface area contributed by atoms with Gasteiger partial charge in [0.15, 0.2) is 0 Å². The van der Waals surface area contributed by atoms with Crippen molar-refractivity contribution in [3.05, 3.63) is 29.6 Å². The Morgan fingerprint density at radius 3 is 2.90 bits per heavy atom. The minimum absolute atomic E-state index is 0.200. The monoisotopic (exact) mass is 274 g/mol. The molecule has 2 amide bonds. The third-order valence-corrected chi connectivity index (χ3v) is 2.48. The number of hydrogen-bond acceptors (Lipinski definition) is 4. The summed E-state index contributed by atoms with van der Waals surface area (Å²) in [7, 11) is 0. The second kappa shape index (κ2) is 7.92. The first-order valence-corrected chi connectivity index (χ1v) is 6.31. The summed E-state index contributed by atoms with van der Waals surface area (Å²) in [6, 6.07) is 0.936. The molecule has 0 radical (unpaired) electrons. The first-order valence-electron chi connectivity index (χ1n) is 6.31. The van der Waals surface area contributed by atoms with Gasteiger partial charge in [-0.2, -0.15) is 0 Å².